The van der Waals surface area contributed by atoms with Gasteiger partial charge in [-0.25, -0.2) is 9.67 Å². The Balaban J connectivity index is 1.59. The van der Waals surface area contributed by atoms with E-state index < -0.39 is 5.41 Å². The normalized spacial score (nSPS) is 11.6. The maximum absolute atomic E-state index is 12.0. The highest BCUT2D eigenvalue weighted by Gasteiger charge is 2.23. The average molecular weight is 385 g/mol. The molecule has 0 amide bonds. The largest absolute Gasteiger partial charge is 0.426 e. The van der Waals surface area contributed by atoms with Crippen molar-refractivity contribution in [3.05, 3.63) is 72.6 Å². The number of nitrogens with zero attached hydrogens (tertiary/aromatic N) is 3. The number of esters is 1. The molecule has 29 heavy (non-hydrogen) atoms. The molecule has 0 N–H and O–H groups in total. The molecule has 0 saturated heterocycles. The molecule has 2 aromatic carbocycles. The van der Waals surface area contributed by atoms with Crippen molar-refractivity contribution in [2.75, 3.05) is 0 Å². The molecule has 4 rings (SSSR count). The Bertz CT molecular complexity index is 1180. The van der Waals surface area contributed by atoms with Gasteiger partial charge in [0.05, 0.1) is 28.5 Å². The van der Waals surface area contributed by atoms with Crippen LogP contribution in [0.2, 0.25) is 0 Å². The molecular weight excluding hydrogens is 362 g/mol. The minimum atomic E-state index is -0.541. The zero-order valence-electron chi connectivity index (χ0n) is 17.0. The van der Waals surface area contributed by atoms with Crippen LogP contribution in [0.3, 0.4) is 0 Å². The lowest BCUT2D eigenvalue weighted by Gasteiger charge is -2.16. The van der Waals surface area contributed by atoms with E-state index in [2.05, 4.69) is 24.2 Å². The standard InChI is InChI=1S/C24H23N3O2/c1-16-13-22(26-21-8-6-5-7-20(16)21)17-14-25-27(15-17)18-9-11-19(12-10-18)29-23(28)24(2,3)4/h5-15H,1-4H3. The third-order valence-corrected chi connectivity index (χ3v) is 4.73. The van der Waals surface area contributed by atoms with E-state index in [1.165, 1.54) is 5.56 Å². The molecule has 0 radical (unpaired) electrons. The smallest absolute Gasteiger partial charge is 0.316 e. The van der Waals surface area contributed by atoms with E-state index in [0.29, 0.717) is 5.75 Å². The van der Waals surface area contributed by atoms with Crippen LogP contribution in [0.4, 0.5) is 0 Å². The van der Waals surface area contributed by atoms with Crippen molar-refractivity contribution >= 4 is 16.9 Å². The number of ether oxygens (including phenoxy) is 1. The zero-order chi connectivity index (χ0) is 20.6. The van der Waals surface area contributed by atoms with Crippen LogP contribution >= 0.6 is 0 Å². The lowest BCUT2D eigenvalue weighted by molar-refractivity contribution is -0.142. The van der Waals surface area contributed by atoms with Crippen LogP contribution < -0.4 is 4.74 Å². The van der Waals surface area contributed by atoms with Gasteiger partial charge in [-0.3, -0.25) is 4.79 Å². The third-order valence-electron chi connectivity index (χ3n) is 4.73. The van der Waals surface area contributed by atoms with E-state index in [0.717, 1.165) is 27.8 Å². The Hall–Kier alpha value is -3.47. The Morgan fingerprint density at radius 1 is 1.03 bits per heavy atom. The van der Waals surface area contributed by atoms with Crippen molar-refractivity contribution in [1.82, 2.24) is 14.8 Å². The van der Waals surface area contributed by atoms with Gasteiger partial charge in [-0.15, -0.1) is 0 Å². The molecule has 2 aromatic heterocycles. The highest BCUT2D eigenvalue weighted by atomic mass is 16.5. The number of aromatic nitrogens is 3. The summed E-state index contributed by atoms with van der Waals surface area (Å²) in [7, 11) is 0. The number of para-hydroxylation sites is 1. The summed E-state index contributed by atoms with van der Waals surface area (Å²) < 4.78 is 7.21. The van der Waals surface area contributed by atoms with E-state index in [1.807, 2.05) is 63.5 Å². The Morgan fingerprint density at radius 2 is 1.76 bits per heavy atom. The molecule has 0 aliphatic rings. The fourth-order valence-corrected chi connectivity index (χ4v) is 3.02. The molecule has 0 aliphatic carbocycles. The number of carbonyl (C=O) groups excluding carboxylic acids is 1. The third kappa shape index (κ3) is 3.90. The van der Waals surface area contributed by atoms with Crippen LogP contribution in [0.1, 0.15) is 26.3 Å². The van der Waals surface area contributed by atoms with E-state index in [1.54, 1.807) is 16.8 Å². The molecule has 0 atom stereocenters. The van der Waals surface area contributed by atoms with Crippen LogP contribution in [0.15, 0.2) is 67.0 Å². The summed E-state index contributed by atoms with van der Waals surface area (Å²) in [6.07, 6.45) is 3.76. The molecule has 0 aliphatic heterocycles. The lowest BCUT2D eigenvalue weighted by atomic mass is 9.97. The van der Waals surface area contributed by atoms with Crippen molar-refractivity contribution in [3.8, 4) is 22.7 Å². The highest BCUT2D eigenvalue weighted by Crippen LogP contribution is 2.25. The van der Waals surface area contributed by atoms with Crippen LogP contribution in [0.5, 0.6) is 5.75 Å². The van der Waals surface area contributed by atoms with Crippen LogP contribution in [0, 0.1) is 12.3 Å². The second kappa shape index (κ2) is 7.17. The monoisotopic (exact) mass is 385 g/mol. The first kappa shape index (κ1) is 18.9. The number of hydrogen-bond donors (Lipinski definition) is 0. The van der Waals surface area contributed by atoms with Crippen LogP contribution in [-0.2, 0) is 4.79 Å². The quantitative estimate of drug-likeness (QED) is 0.352. The van der Waals surface area contributed by atoms with Gasteiger partial charge in [0.1, 0.15) is 5.75 Å². The first-order chi connectivity index (χ1) is 13.8. The number of hydrogen-bond acceptors (Lipinski definition) is 4. The van der Waals surface area contributed by atoms with Gasteiger partial charge in [0.25, 0.3) is 0 Å². The molecule has 5 nitrogen and oxygen atoms in total. The molecule has 0 unspecified atom stereocenters. The number of carbonyl (C=O) groups is 1. The predicted octanol–water partition coefficient (Wildman–Crippen LogP) is 5.35. The molecule has 0 spiro atoms. The summed E-state index contributed by atoms with van der Waals surface area (Å²) in [4.78, 5) is 16.8. The fourth-order valence-electron chi connectivity index (χ4n) is 3.02. The van der Waals surface area contributed by atoms with Crippen LogP contribution in [0.25, 0.3) is 27.8 Å². The van der Waals surface area contributed by atoms with E-state index >= 15 is 0 Å². The number of fused-ring (bicyclic) bond motifs is 1. The van der Waals surface area contributed by atoms with E-state index in [-0.39, 0.29) is 5.97 Å². The van der Waals surface area contributed by atoms with Gasteiger partial charge in [0, 0.05) is 17.1 Å². The number of rotatable bonds is 3. The number of benzene rings is 2. The maximum Gasteiger partial charge on any atom is 0.316 e. The van der Waals surface area contributed by atoms with Crippen LogP contribution in [-0.4, -0.2) is 20.7 Å². The van der Waals surface area contributed by atoms with Gasteiger partial charge in [0.15, 0.2) is 0 Å². The number of pyridine rings is 1. The first-order valence-corrected chi connectivity index (χ1v) is 9.55. The zero-order valence-corrected chi connectivity index (χ0v) is 17.0. The van der Waals surface area contributed by atoms with Gasteiger partial charge >= 0.3 is 5.97 Å². The second-order valence-electron chi connectivity index (χ2n) is 8.15. The summed E-state index contributed by atoms with van der Waals surface area (Å²) in [5, 5.41) is 5.63. The summed E-state index contributed by atoms with van der Waals surface area (Å²) in [5.74, 6) is 0.261. The highest BCUT2D eigenvalue weighted by molar-refractivity contribution is 5.84. The molecule has 0 saturated carbocycles. The first-order valence-electron chi connectivity index (χ1n) is 9.55. The van der Waals surface area contributed by atoms with E-state index in [9.17, 15) is 4.79 Å². The van der Waals surface area contributed by atoms with Crippen molar-refractivity contribution in [3.63, 3.8) is 0 Å². The molecule has 0 fully saturated rings. The SMILES string of the molecule is Cc1cc(-c2cnn(-c3ccc(OC(=O)C(C)(C)C)cc3)c2)nc2ccccc12. The average Bonchev–Trinajstić information content (AvgIpc) is 3.18. The van der Waals surface area contributed by atoms with Crippen molar-refractivity contribution in [2.24, 2.45) is 5.41 Å². The van der Waals surface area contributed by atoms with Crippen molar-refractivity contribution < 1.29 is 9.53 Å². The lowest BCUT2D eigenvalue weighted by Crippen LogP contribution is -2.25. The molecule has 4 aromatic rings. The summed E-state index contributed by atoms with van der Waals surface area (Å²) in [6.45, 7) is 7.59. The summed E-state index contributed by atoms with van der Waals surface area (Å²) in [6, 6.07) is 17.5. The topological polar surface area (TPSA) is 57.0 Å². The van der Waals surface area contributed by atoms with Gasteiger partial charge in [-0.2, -0.15) is 5.10 Å². The number of aryl methyl sites for hydroxylation is 1. The Kier molecular flexibility index (Phi) is 4.66. The molecular formula is C24H23N3O2. The second-order valence-corrected chi connectivity index (χ2v) is 8.15. The Morgan fingerprint density at radius 3 is 2.48 bits per heavy atom. The Labute approximate surface area is 170 Å². The minimum Gasteiger partial charge on any atom is -0.426 e. The molecule has 146 valence electrons. The van der Waals surface area contributed by atoms with Gasteiger partial charge in [-0.1, -0.05) is 18.2 Å². The van der Waals surface area contributed by atoms with Gasteiger partial charge in [-0.05, 0) is 69.7 Å². The molecule has 0 bridgehead atoms. The molecule has 2 heterocycles. The summed E-state index contributed by atoms with van der Waals surface area (Å²) in [5.41, 5.74) is 4.33. The van der Waals surface area contributed by atoms with Crippen molar-refractivity contribution in [1.29, 1.82) is 0 Å². The summed E-state index contributed by atoms with van der Waals surface area (Å²) >= 11 is 0. The maximum atomic E-state index is 12.0. The predicted molar refractivity (Wildman–Crippen MR) is 114 cm³/mol. The van der Waals surface area contributed by atoms with E-state index in [4.69, 9.17) is 9.72 Å². The van der Waals surface area contributed by atoms with Gasteiger partial charge in [0.2, 0.25) is 0 Å². The molecule has 5 heteroatoms. The van der Waals surface area contributed by atoms with Gasteiger partial charge < -0.3 is 4.74 Å². The van der Waals surface area contributed by atoms with Crippen molar-refractivity contribution in [2.45, 2.75) is 27.7 Å². The minimum absolute atomic E-state index is 0.260. The fraction of sp³-hybridized carbons (Fsp3) is 0.208.